The van der Waals surface area contributed by atoms with E-state index in [0.29, 0.717) is 5.92 Å². The summed E-state index contributed by atoms with van der Waals surface area (Å²) in [6, 6.07) is 48.8. The predicted octanol–water partition coefficient (Wildman–Crippen LogP) is 12.7. The summed E-state index contributed by atoms with van der Waals surface area (Å²) in [5.41, 5.74) is 22.4. The van der Waals surface area contributed by atoms with Crippen molar-refractivity contribution in [3.8, 4) is 11.1 Å². The quantitative estimate of drug-likeness (QED) is 0.174. The summed E-state index contributed by atoms with van der Waals surface area (Å²) < 4.78 is 0. The van der Waals surface area contributed by atoms with Gasteiger partial charge in [-0.25, -0.2) is 0 Å². The molecule has 0 bridgehead atoms. The molecular formula is C62H58BN2. The number of hydrogen-bond acceptors (Lipinski definition) is 2. The van der Waals surface area contributed by atoms with E-state index in [1.54, 1.807) is 0 Å². The van der Waals surface area contributed by atoms with Crippen molar-refractivity contribution < 1.29 is 0 Å². The molecule has 12 rings (SSSR count). The van der Waals surface area contributed by atoms with Crippen LogP contribution in [0.1, 0.15) is 107 Å². The average Bonchev–Trinajstić information content (AvgIpc) is 3.77. The summed E-state index contributed by atoms with van der Waals surface area (Å²) in [6.07, 6.45) is 12.9. The van der Waals surface area contributed by atoms with Crippen molar-refractivity contribution in [1.29, 1.82) is 0 Å². The van der Waals surface area contributed by atoms with E-state index in [-0.39, 0.29) is 22.3 Å². The standard InChI is InChI=1S/C62H58BN2/c1-37-16-15-20-40(30-37)39-24-26-44(27-25-39)64-53-33-43-19-11-12-21-45(43)56(53)48-35-47-46-22-13-14-23-49(46)62(7,8)57(47)59-58(48)63-52-32-41-17-9-10-18-42(41)34-55(52)65(59)54-36-51-50(31-38(54)2)60(3,4)28-29-61(51,5)6/h9-15,17-27,30-37,53,64H,16,28-29H2,1-8H3/t37-,53?/m1/s1. The van der Waals surface area contributed by atoms with E-state index >= 15 is 0 Å². The first kappa shape index (κ1) is 40.2. The van der Waals surface area contributed by atoms with E-state index in [1.807, 2.05) is 0 Å². The van der Waals surface area contributed by atoms with Gasteiger partial charge in [-0.2, -0.15) is 0 Å². The summed E-state index contributed by atoms with van der Waals surface area (Å²) in [4.78, 5) is 2.71. The number of allylic oxidation sites excluding steroid dienone is 4. The maximum atomic E-state index is 4.07. The number of aryl methyl sites for hydroxylation is 1. The van der Waals surface area contributed by atoms with Gasteiger partial charge in [0, 0.05) is 28.2 Å². The van der Waals surface area contributed by atoms with Crippen LogP contribution in [0.25, 0.3) is 39.1 Å². The molecule has 7 aromatic carbocycles. The van der Waals surface area contributed by atoms with Crippen LogP contribution in [0.15, 0.2) is 146 Å². The number of hydrogen-bond donors (Lipinski definition) is 1. The zero-order valence-electron chi connectivity index (χ0n) is 39.2. The van der Waals surface area contributed by atoms with Gasteiger partial charge in [-0.1, -0.05) is 169 Å². The summed E-state index contributed by atoms with van der Waals surface area (Å²) in [5, 5.41) is 9.15. The second kappa shape index (κ2) is 14.3. The van der Waals surface area contributed by atoms with E-state index in [4.69, 9.17) is 0 Å². The first-order valence-electron chi connectivity index (χ1n) is 24.0. The van der Waals surface area contributed by atoms with Crippen molar-refractivity contribution in [2.24, 2.45) is 5.92 Å². The number of rotatable bonds is 5. The molecule has 0 aromatic heterocycles. The third-order valence-corrected chi connectivity index (χ3v) is 15.9. The molecule has 3 heteroatoms. The fourth-order valence-electron chi connectivity index (χ4n) is 12.3. The van der Waals surface area contributed by atoms with E-state index in [2.05, 4.69) is 225 Å². The molecule has 1 radical (unpaired) electrons. The van der Waals surface area contributed by atoms with Crippen LogP contribution in [0.4, 0.5) is 22.7 Å². The topological polar surface area (TPSA) is 15.3 Å². The molecule has 0 fully saturated rings. The fourth-order valence-corrected chi connectivity index (χ4v) is 12.3. The highest BCUT2D eigenvalue weighted by Crippen LogP contribution is 2.56. The van der Waals surface area contributed by atoms with Gasteiger partial charge in [0.15, 0.2) is 7.28 Å². The van der Waals surface area contributed by atoms with Gasteiger partial charge in [0.1, 0.15) is 0 Å². The SMILES string of the molecule is Cc1cc2c(cc1N1c3cc4ccccc4cc3[B]c3c(C4=c5ccccc5=CC4Nc4ccc(C5=C[C@H](C)CC=C5)cc4)cc4c(c31)C(C)(C)c1ccccc1-4)C(C)(C)CCC2(C)C. The van der Waals surface area contributed by atoms with Crippen LogP contribution in [0, 0.1) is 12.8 Å². The average molecular weight is 842 g/mol. The zero-order chi connectivity index (χ0) is 44.6. The van der Waals surface area contributed by atoms with Crippen LogP contribution in [-0.2, 0) is 16.2 Å². The maximum absolute atomic E-state index is 4.07. The molecule has 1 heterocycles. The molecule has 65 heavy (non-hydrogen) atoms. The van der Waals surface area contributed by atoms with Gasteiger partial charge in [-0.05, 0) is 167 Å². The lowest BCUT2D eigenvalue weighted by Crippen LogP contribution is -2.44. The van der Waals surface area contributed by atoms with Crippen LogP contribution in [0.2, 0.25) is 0 Å². The fraction of sp³-hybridized carbons (Fsp3) is 0.258. The van der Waals surface area contributed by atoms with Crippen molar-refractivity contribution in [3.05, 3.63) is 195 Å². The predicted molar refractivity (Wildman–Crippen MR) is 279 cm³/mol. The molecule has 7 aromatic rings. The number of nitrogens with one attached hydrogen (secondary N) is 1. The molecule has 5 aliphatic rings. The molecular weight excluding hydrogens is 784 g/mol. The van der Waals surface area contributed by atoms with Gasteiger partial charge in [0.05, 0.1) is 6.04 Å². The molecule has 1 unspecified atom stereocenters. The molecule has 0 saturated carbocycles. The lowest BCUT2D eigenvalue weighted by atomic mass is 9.56. The minimum Gasteiger partial charge on any atom is -0.375 e. The Morgan fingerprint density at radius 2 is 1.34 bits per heavy atom. The third kappa shape index (κ3) is 6.21. The maximum Gasteiger partial charge on any atom is 0.197 e. The number of anilines is 4. The van der Waals surface area contributed by atoms with Gasteiger partial charge >= 0.3 is 0 Å². The lowest BCUT2D eigenvalue weighted by molar-refractivity contribution is 0.332. The Bertz CT molecular complexity index is 3360. The second-order valence-electron chi connectivity index (χ2n) is 21.6. The number of nitrogens with zero attached hydrogens (tertiary/aromatic N) is 1. The summed E-state index contributed by atoms with van der Waals surface area (Å²) in [6.45, 7) is 19.4. The molecule has 2 nitrogen and oxygen atoms in total. The molecule has 319 valence electrons. The summed E-state index contributed by atoms with van der Waals surface area (Å²) in [5.74, 6) is 0.556. The van der Waals surface area contributed by atoms with Crippen molar-refractivity contribution in [3.63, 3.8) is 0 Å². The second-order valence-corrected chi connectivity index (χ2v) is 21.6. The Morgan fingerprint density at radius 3 is 2.11 bits per heavy atom. The van der Waals surface area contributed by atoms with E-state index < -0.39 is 0 Å². The van der Waals surface area contributed by atoms with Crippen molar-refractivity contribution in [1.82, 2.24) is 0 Å². The highest BCUT2D eigenvalue weighted by atomic mass is 15.2. The Morgan fingerprint density at radius 1 is 0.646 bits per heavy atom. The Hall–Kier alpha value is -6.32. The van der Waals surface area contributed by atoms with Crippen LogP contribution in [0.3, 0.4) is 0 Å². The highest BCUT2D eigenvalue weighted by molar-refractivity contribution is 6.73. The van der Waals surface area contributed by atoms with Crippen molar-refractivity contribution >= 4 is 68.9 Å². The van der Waals surface area contributed by atoms with E-state index in [9.17, 15) is 0 Å². The van der Waals surface area contributed by atoms with Crippen LogP contribution in [-0.4, -0.2) is 13.3 Å². The Balaban J connectivity index is 1.13. The largest absolute Gasteiger partial charge is 0.375 e. The summed E-state index contributed by atoms with van der Waals surface area (Å²) >= 11 is 0. The van der Waals surface area contributed by atoms with Crippen LogP contribution >= 0.6 is 0 Å². The third-order valence-electron chi connectivity index (χ3n) is 15.9. The summed E-state index contributed by atoms with van der Waals surface area (Å²) in [7, 11) is 2.54. The van der Waals surface area contributed by atoms with E-state index in [1.165, 1.54) is 123 Å². The smallest absolute Gasteiger partial charge is 0.197 e. The van der Waals surface area contributed by atoms with Gasteiger partial charge in [-0.15, -0.1) is 0 Å². The van der Waals surface area contributed by atoms with Crippen molar-refractivity contribution in [2.75, 3.05) is 10.2 Å². The van der Waals surface area contributed by atoms with Gasteiger partial charge in [0.25, 0.3) is 0 Å². The molecule has 0 spiro atoms. The molecule has 1 N–H and O–H groups in total. The van der Waals surface area contributed by atoms with Gasteiger partial charge < -0.3 is 10.2 Å². The Labute approximate surface area is 386 Å². The number of fused-ring (bicyclic) bond motifs is 9. The zero-order valence-corrected chi connectivity index (χ0v) is 39.2. The molecule has 1 aliphatic heterocycles. The highest BCUT2D eigenvalue weighted by Gasteiger charge is 2.45. The lowest BCUT2D eigenvalue weighted by Gasteiger charge is -2.44. The normalized spacial score (nSPS) is 20.1. The van der Waals surface area contributed by atoms with Crippen molar-refractivity contribution in [2.45, 2.75) is 96.9 Å². The van der Waals surface area contributed by atoms with Crippen LogP contribution in [0.5, 0.6) is 0 Å². The molecule has 0 amide bonds. The molecule has 0 saturated heterocycles. The molecule has 4 aliphatic carbocycles. The number of benzene rings is 7. The van der Waals surface area contributed by atoms with Crippen LogP contribution < -0.4 is 31.6 Å². The molecule has 2 atom stereocenters. The van der Waals surface area contributed by atoms with Gasteiger partial charge in [0.2, 0.25) is 0 Å². The first-order valence-corrected chi connectivity index (χ1v) is 24.0. The monoisotopic (exact) mass is 841 g/mol. The minimum atomic E-state index is -0.247. The van der Waals surface area contributed by atoms with E-state index in [0.717, 1.165) is 12.1 Å². The first-order chi connectivity index (χ1) is 31.3. The minimum absolute atomic E-state index is 0.0489. The Kier molecular flexibility index (Phi) is 8.87. The van der Waals surface area contributed by atoms with Gasteiger partial charge in [-0.3, -0.25) is 0 Å².